The van der Waals surface area contributed by atoms with Crippen LogP contribution in [0.3, 0.4) is 0 Å². The van der Waals surface area contributed by atoms with Crippen LogP contribution < -0.4 is 0 Å². The number of hydrogen-bond acceptors (Lipinski definition) is 7. The highest BCUT2D eigenvalue weighted by Gasteiger charge is 2.24. The summed E-state index contributed by atoms with van der Waals surface area (Å²) in [4.78, 5) is 1.77. The molecule has 12 heteroatoms. The van der Waals surface area contributed by atoms with Crippen LogP contribution in [-0.4, -0.2) is 25.9 Å². The molecule has 0 unspecified atom stereocenters. The van der Waals surface area contributed by atoms with Gasteiger partial charge < -0.3 is 0 Å². The summed E-state index contributed by atoms with van der Waals surface area (Å²) in [6.45, 7) is 0. The van der Waals surface area contributed by atoms with E-state index in [1.807, 2.05) is 0 Å². The summed E-state index contributed by atoms with van der Waals surface area (Å²) in [6.07, 6.45) is 0. The minimum atomic E-state index is -4.62. The van der Waals surface area contributed by atoms with Gasteiger partial charge in [-0.2, -0.15) is 27.1 Å². The molecule has 124 valence electrons. The van der Waals surface area contributed by atoms with Crippen LogP contribution in [0.4, 0.5) is 17.1 Å². The smallest absolute Gasteiger partial charge is 0.282 e. The molecule has 0 bridgehead atoms. The molecule has 0 radical (unpaired) electrons. The lowest BCUT2D eigenvalue weighted by Crippen LogP contribution is -1.97. The maximum absolute atomic E-state index is 11.2. The van der Waals surface area contributed by atoms with Gasteiger partial charge in [0.05, 0.1) is 16.3 Å². The van der Waals surface area contributed by atoms with Crippen molar-refractivity contribution in [3.63, 3.8) is 0 Å². The molecule has 0 aliphatic rings. The fourth-order valence-electron chi connectivity index (χ4n) is 1.65. The molecule has 0 saturated heterocycles. The molecule has 2 aromatic rings. The number of diazo groups is 1. The van der Waals surface area contributed by atoms with Crippen molar-refractivity contribution in [2.45, 2.75) is 9.79 Å². The van der Waals surface area contributed by atoms with Crippen LogP contribution in [0.15, 0.2) is 62.5 Å². The highest BCUT2D eigenvalue weighted by Crippen LogP contribution is 2.29. The van der Waals surface area contributed by atoms with Gasteiger partial charge >= 0.3 is 15.8 Å². The average molecular weight is 369 g/mol. The van der Waals surface area contributed by atoms with Crippen molar-refractivity contribution < 1.29 is 25.9 Å². The zero-order chi connectivity index (χ0) is 18.0. The van der Waals surface area contributed by atoms with Crippen molar-refractivity contribution in [1.29, 1.82) is 5.39 Å². The second kappa shape index (κ2) is 6.42. The van der Waals surface area contributed by atoms with Gasteiger partial charge in [-0.15, -0.1) is 0 Å². The van der Waals surface area contributed by atoms with E-state index in [0.717, 1.165) is 24.3 Å². The predicted molar refractivity (Wildman–Crippen MR) is 81.4 cm³/mol. The van der Waals surface area contributed by atoms with Crippen LogP contribution in [0.1, 0.15) is 0 Å². The minimum Gasteiger partial charge on any atom is -0.282 e. The molecule has 2 N–H and O–H groups in total. The summed E-state index contributed by atoms with van der Waals surface area (Å²) in [5.41, 5.74) is -0.102. The highest BCUT2D eigenvalue weighted by atomic mass is 32.2. The lowest BCUT2D eigenvalue weighted by Gasteiger charge is -1.98. The zero-order valence-corrected chi connectivity index (χ0v) is 13.3. The molecule has 0 amide bonds. The van der Waals surface area contributed by atoms with E-state index >= 15 is 0 Å². The Morgan fingerprint density at radius 2 is 1.38 bits per heavy atom. The molecule has 2 aromatic carbocycles. The van der Waals surface area contributed by atoms with E-state index in [1.165, 1.54) is 18.2 Å². The molecule has 0 heterocycles. The Balaban J connectivity index is 2.35. The van der Waals surface area contributed by atoms with Crippen molar-refractivity contribution in [3.8, 4) is 0 Å². The van der Waals surface area contributed by atoms with Crippen LogP contribution in [-0.2, 0) is 20.2 Å². The Bertz CT molecular complexity index is 1050. The van der Waals surface area contributed by atoms with Gasteiger partial charge in [0.15, 0.2) is 9.87 Å². The fourth-order valence-corrected chi connectivity index (χ4v) is 2.78. The Labute approximate surface area is 136 Å². The first kappa shape index (κ1) is 17.6. The number of rotatable bonds is 4. The SMILES string of the molecule is N#[N+]c1ccc(N=Nc2ccc(S(=O)(=O)O)cc2)cc1S(=O)(=O)O. The monoisotopic (exact) mass is 369 g/mol. The number of benzene rings is 2. The molecule has 0 aromatic heterocycles. The van der Waals surface area contributed by atoms with E-state index in [2.05, 4.69) is 15.2 Å². The Morgan fingerprint density at radius 3 is 1.88 bits per heavy atom. The Kier molecular flexibility index (Phi) is 4.71. The van der Waals surface area contributed by atoms with Gasteiger partial charge in [-0.3, -0.25) is 9.11 Å². The van der Waals surface area contributed by atoms with Gasteiger partial charge in [0.25, 0.3) is 10.1 Å². The van der Waals surface area contributed by atoms with Crippen LogP contribution in [0.2, 0.25) is 0 Å². The topological polar surface area (TPSA) is 162 Å². The minimum absolute atomic E-state index is 0.0360. The van der Waals surface area contributed by atoms with Gasteiger partial charge in [0.2, 0.25) is 5.39 Å². The zero-order valence-electron chi connectivity index (χ0n) is 11.7. The molecule has 0 aliphatic heterocycles. The van der Waals surface area contributed by atoms with Crippen LogP contribution >= 0.6 is 0 Å². The van der Waals surface area contributed by atoms with Gasteiger partial charge in [0.1, 0.15) is 0 Å². The van der Waals surface area contributed by atoms with E-state index in [9.17, 15) is 16.8 Å². The summed E-state index contributed by atoms with van der Waals surface area (Å²) in [6, 6.07) is 8.11. The number of nitrogens with zero attached hydrogens (tertiary/aromatic N) is 4. The van der Waals surface area contributed by atoms with Gasteiger partial charge in [-0.25, -0.2) is 0 Å². The lowest BCUT2D eigenvalue weighted by atomic mass is 10.3. The molecule has 10 nitrogen and oxygen atoms in total. The van der Waals surface area contributed by atoms with E-state index < -0.39 is 25.1 Å². The van der Waals surface area contributed by atoms with Crippen molar-refractivity contribution in [3.05, 3.63) is 47.4 Å². The summed E-state index contributed by atoms with van der Waals surface area (Å²) in [5.74, 6) is 0. The maximum atomic E-state index is 11.2. The Morgan fingerprint density at radius 1 is 0.833 bits per heavy atom. The first-order chi connectivity index (χ1) is 11.1. The first-order valence-corrected chi connectivity index (χ1v) is 8.95. The lowest BCUT2D eigenvalue weighted by molar-refractivity contribution is 0.481. The summed E-state index contributed by atoms with van der Waals surface area (Å²) >= 11 is 0. The third kappa shape index (κ3) is 4.18. The Hall–Kier alpha value is -2.72. The number of azo groups is 1. The predicted octanol–water partition coefficient (Wildman–Crippen LogP) is 3.08. The summed E-state index contributed by atoms with van der Waals surface area (Å²) in [5, 5.41) is 16.2. The quantitative estimate of drug-likeness (QED) is 0.475. The first-order valence-electron chi connectivity index (χ1n) is 6.07. The third-order valence-electron chi connectivity index (χ3n) is 2.74. The largest absolute Gasteiger partial charge is 0.406 e. The van der Waals surface area contributed by atoms with Crippen molar-refractivity contribution in [2.24, 2.45) is 10.2 Å². The molecule has 2 rings (SSSR count). The van der Waals surface area contributed by atoms with Crippen molar-refractivity contribution >= 4 is 37.3 Å². The molecule has 0 atom stereocenters. The summed E-state index contributed by atoms with van der Waals surface area (Å²) < 4.78 is 62.1. The molecule has 24 heavy (non-hydrogen) atoms. The average Bonchev–Trinajstić information content (AvgIpc) is 2.51. The third-order valence-corrected chi connectivity index (χ3v) is 4.50. The van der Waals surface area contributed by atoms with Crippen LogP contribution in [0.5, 0.6) is 0 Å². The maximum Gasteiger partial charge on any atom is 0.406 e. The second-order valence-electron chi connectivity index (χ2n) is 4.40. The second-order valence-corrected chi connectivity index (χ2v) is 7.21. The van der Waals surface area contributed by atoms with Gasteiger partial charge in [-0.05, 0) is 36.4 Å². The molecule has 0 spiro atoms. The molecular formula is C12H9N4O6S2+. The van der Waals surface area contributed by atoms with Crippen molar-refractivity contribution in [2.75, 3.05) is 0 Å². The van der Waals surface area contributed by atoms with Crippen LogP contribution in [0, 0.1) is 5.39 Å². The molecule has 0 aliphatic carbocycles. The molecule has 0 saturated carbocycles. The van der Waals surface area contributed by atoms with Gasteiger partial charge in [-0.1, -0.05) is 0 Å². The number of hydrogen-bond donors (Lipinski definition) is 2. The molecule has 0 fully saturated rings. The normalized spacial score (nSPS) is 12.2. The van der Waals surface area contributed by atoms with E-state index in [-0.39, 0.29) is 22.0 Å². The molecular weight excluding hydrogens is 360 g/mol. The van der Waals surface area contributed by atoms with Crippen molar-refractivity contribution in [1.82, 2.24) is 0 Å². The highest BCUT2D eigenvalue weighted by molar-refractivity contribution is 7.86. The van der Waals surface area contributed by atoms with E-state index in [1.54, 1.807) is 0 Å². The van der Waals surface area contributed by atoms with Crippen LogP contribution in [0.25, 0.3) is 4.98 Å². The standard InChI is InChI=1S/C12H8N4O6S2/c13-14-11-6-3-9(7-12(11)24(20,21)22)16-15-8-1-4-10(5-2-8)23(17,18)19/h1-7H,(H-,17,18,19,20,21,22)/p+1. The van der Waals surface area contributed by atoms with E-state index in [4.69, 9.17) is 14.5 Å². The summed E-state index contributed by atoms with van der Waals surface area (Å²) in [7, 11) is -8.94. The van der Waals surface area contributed by atoms with Gasteiger partial charge in [0, 0.05) is 6.07 Å². The van der Waals surface area contributed by atoms with E-state index in [0.29, 0.717) is 0 Å². The fraction of sp³-hybridized carbons (Fsp3) is 0.